The molecule has 1 aliphatic rings. The number of hydrogen-bond acceptors (Lipinski definition) is 7. The van der Waals surface area contributed by atoms with Gasteiger partial charge < -0.3 is 21.7 Å². The Hall–Kier alpha value is -4.60. The first-order valence-electron chi connectivity index (χ1n) is 13.9. The van der Waals surface area contributed by atoms with Crippen LogP contribution in [0.15, 0.2) is 43.0 Å². The number of hydrogen-bond donors (Lipinski definition) is 4. The van der Waals surface area contributed by atoms with Gasteiger partial charge in [0.2, 0.25) is 5.91 Å². The number of aryl methyl sites for hydroxylation is 1. The summed E-state index contributed by atoms with van der Waals surface area (Å²) in [6.45, 7) is 1.43. The maximum atomic E-state index is 13.7. The fraction of sp³-hybridized carbons (Fsp3) is 0.393. The van der Waals surface area contributed by atoms with Crippen LogP contribution in [0.1, 0.15) is 41.4 Å². The molecule has 234 valence electrons. The highest BCUT2D eigenvalue weighted by Gasteiger charge is 2.38. The summed E-state index contributed by atoms with van der Waals surface area (Å²) in [4.78, 5) is 33.4. The Morgan fingerprint density at radius 1 is 1.14 bits per heavy atom. The summed E-state index contributed by atoms with van der Waals surface area (Å²) in [6.07, 6.45) is -1.05. The van der Waals surface area contributed by atoms with Crippen LogP contribution in [-0.4, -0.2) is 61.5 Å². The molecule has 0 aliphatic heterocycles. The molecule has 5 rings (SSSR count). The van der Waals surface area contributed by atoms with Gasteiger partial charge in [-0.05, 0) is 43.0 Å². The average Bonchev–Trinajstić information content (AvgIpc) is 3.58. The SMILES string of the molecule is CCc1cc(Nc2nccn3c(-c4cn(CC(F)F)nc4C(F)(F)F)cnc23)ccc1C(=O)NCCNC(=O)[C@H]1C[C@H](N)C1. The third kappa shape index (κ3) is 6.64. The number of nitrogens with one attached hydrogen (secondary N) is 3. The molecule has 4 aromatic rings. The second-order valence-electron chi connectivity index (χ2n) is 10.4. The first-order valence-corrected chi connectivity index (χ1v) is 13.9. The Balaban J connectivity index is 1.31. The molecule has 0 bridgehead atoms. The Labute approximate surface area is 248 Å². The topological polar surface area (TPSA) is 144 Å². The molecular formula is C28H30F5N9O2. The molecule has 3 heterocycles. The summed E-state index contributed by atoms with van der Waals surface area (Å²) < 4.78 is 68.8. The standard InChI is InChI=1S/C28H30F5N9O2/c1-2-15-11-18(3-4-19(15)27(44)37-6-5-36-26(43)16-9-17(34)10-16)39-24-25-38-12-21(42(25)8-7-35-24)20-13-41(14-22(29)30)40-23(20)28(31,32)33/h3-4,7-8,11-13,16-17,22H,2,5-6,9-10,14,34H2,1H3,(H,35,39)(H,36,43)(H,37,44)/t16-,17-. The number of imidazole rings is 1. The number of benzene rings is 1. The van der Waals surface area contributed by atoms with Crippen molar-refractivity contribution in [3.8, 4) is 11.3 Å². The second-order valence-corrected chi connectivity index (χ2v) is 10.4. The first kappa shape index (κ1) is 30.8. The number of fused-ring (bicyclic) bond motifs is 1. The van der Waals surface area contributed by atoms with E-state index in [1.807, 2.05) is 6.92 Å². The van der Waals surface area contributed by atoms with Crippen molar-refractivity contribution in [2.75, 3.05) is 18.4 Å². The Kier molecular flexibility index (Phi) is 8.80. The summed E-state index contributed by atoms with van der Waals surface area (Å²) in [5.41, 5.74) is 5.90. The number of alkyl halides is 5. The average molecular weight is 620 g/mol. The van der Waals surface area contributed by atoms with Crippen molar-refractivity contribution in [2.24, 2.45) is 11.7 Å². The van der Waals surface area contributed by atoms with E-state index in [-0.39, 0.29) is 54.0 Å². The molecule has 0 saturated heterocycles. The molecule has 11 nitrogen and oxygen atoms in total. The van der Waals surface area contributed by atoms with E-state index in [0.717, 1.165) is 11.8 Å². The molecule has 0 unspecified atom stereocenters. The second kappa shape index (κ2) is 12.6. The minimum Gasteiger partial charge on any atom is -0.354 e. The van der Waals surface area contributed by atoms with E-state index >= 15 is 0 Å². The van der Waals surface area contributed by atoms with E-state index in [1.165, 1.54) is 23.0 Å². The number of rotatable bonds is 11. The van der Waals surface area contributed by atoms with Crippen LogP contribution in [0.4, 0.5) is 33.5 Å². The van der Waals surface area contributed by atoms with Crippen molar-refractivity contribution in [1.82, 2.24) is 34.8 Å². The van der Waals surface area contributed by atoms with Crippen molar-refractivity contribution in [3.05, 3.63) is 59.8 Å². The summed E-state index contributed by atoms with van der Waals surface area (Å²) in [5, 5.41) is 12.0. The number of aromatic nitrogens is 5. The fourth-order valence-electron chi connectivity index (χ4n) is 5.06. The molecule has 44 heavy (non-hydrogen) atoms. The molecular weight excluding hydrogens is 589 g/mol. The number of carbonyl (C=O) groups is 2. The van der Waals surface area contributed by atoms with Gasteiger partial charge >= 0.3 is 6.18 Å². The lowest BCUT2D eigenvalue weighted by Crippen LogP contribution is -2.46. The Morgan fingerprint density at radius 2 is 1.89 bits per heavy atom. The monoisotopic (exact) mass is 619 g/mol. The number of anilines is 2. The normalized spacial score (nSPS) is 16.6. The van der Waals surface area contributed by atoms with Crippen LogP contribution in [-0.2, 0) is 23.9 Å². The molecule has 0 atom stereocenters. The van der Waals surface area contributed by atoms with Gasteiger partial charge in [-0.25, -0.2) is 18.7 Å². The Bertz CT molecular complexity index is 1660. The van der Waals surface area contributed by atoms with Gasteiger partial charge in [-0.3, -0.25) is 18.7 Å². The van der Waals surface area contributed by atoms with Gasteiger partial charge in [0.15, 0.2) is 17.2 Å². The number of amides is 2. The van der Waals surface area contributed by atoms with Crippen molar-refractivity contribution in [2.45, 2.75) is 51.4 Å². The van der Waals surface area contributed by atoms with Gasteiger partial charge in [0.1, 0.15) is 6.54 Å². The predicted octanol–water partition coefficient (Wildman–Crippen LogP) is 3.77. The minimum absolute atomic E-state index is 0.00740. The zero-order valence-electron chi connectivity index (χ0n) is 23.5. The zero-order valence-corrected chi connectivity index (χ0v) is 23.5. The molecule has 1 aromatic carbocycles. The molecule has 0 spiro atoms. The lowest BCUT2D eigenvalue weighted by Gasteiger charge is -2.31. The number of nitrogens with two attached hydrogens (primary N) is 1. The van der Waals surface area contributed by atoms with Crippen molar-refractivity contribution in [1.29, 1.82) is 0 Å². The molecule has 1 saturated carbocycles. The minimum atomic E-state index is -4.88. The summed E-state index contributed by atoms with van der Waals surface area (Å²) in [5.74, 6) is -0.230. The highest BCUT2D eigenvalue weighted by Crippen LogP contribution is 2.37. The summed E-state index contributed by atoms with van der Waals surface area (Å²) in [7, 11) is 0. The van der Waals surface area contributed by atoms with Gasteiger partial charge in [-0.2, -0.15) is 18.3 Å². The van der Waals surface area contributed by atoms with E-state index in [4.69, 9.17) is 5.73 Å². The highest BCUT2D eigenvalue weighted by molar-refractivity contribution is 5.96. The molecule has 0 radical (unpaired) electrons. The lowest BCUT2D eigenvalue weighted by atomic mass is 9.80. The largest absolute Gasteiger partial charge is 0.435 e. The third-order valence-electron chi connectivity index (χ3n) is 7.31. The number of carbonyl (C=O) groups excluding carboxylic acids is 2. The summed E-state index contributed by atoms with van der Waals surface area (Å²) in [6, 6.07) is 5.11. The maximum absolute atomic E-state index is 13.7. The van der Waals surface area contributed by atoms with E-state index in [2.05, 4.69) is 31.0 Å². The molecule has 5 N–H and O–H groups in total. The van der Waals surface area contributed by atoms with E-state index in [1.54, 1.807) is 18.2 Å². The highest BCUT2D eigenvalue weighted by atomic mass is 19.4. The van der Waals surface area contributed by atoms with Crippen LogP contribution in [0.2, 0.25) is 0 Å². The van der Waals surface area contributed by atoms with Gasteiger partial charge in [-0.15, -0.1) is 0 Å². The molecule has 1 fully saturated rings. The smallest absolute Gasteiger partial charge is 0.354 e. The van der Waals surface area contributed by atoms with Crippen LogP contribution >= 0.6 is 0 Å². The number of halogens is 5. The number of nitrogens with zero attached hydrogens (tertiary/aromatic N) is 5. The van der Waals surface area contributed by atoms with Crippen LogP contribution in [0.5, 0.6) is 0 Å². The zero-order chi connectivity index (χ0) is 31.6. The quantitative estimate of drug-likeness (QED) is 0.148. The van der Waals surface area contributed by atoms with Crippen molar-refractivity contribution in [3.63, 3.8) is 0 Å². The van der Waals surface area contributed by atoms with Crippen LogP contribution < -0.4 is 21.7 Å². The molecule has 16 heteroatoms. The van der Waals surface area contributed by atoms with Crippen LogP contribution in [0, 0.1) is 5.92 Å². The van der Waals surface area contributed by atoms with Crippen molar-refractivity contribution >= 4 is 29.0 Å². The van der Waals surface area contributed by atoms with Gasteiger partial charge in [0.25, 0.3) is 12.3 Å². The molecule has 2 amide bonds. The van der Waals surface area contributed by atoms with E-state index < -0.39 is 30.4 Å². The fourth-order valence-corrected chi connectivity index (χ4v) is 5.06. The van der Waals surface area contributed by atoms with Crippen LogP contribution in [0.25, 0.3) is 16.9 Å². The first-order chi connectivity index (χ1) is 20.9. The van der Waals surface area contributed by atoms with Crippen LogP contribution in [0.3, 0.4) is 0 Å². The molecule has 3 aromatic heterocycles. The van der Waals surface area contributed by atoms with Gasteiger partial charge in [-0.1, -0.05) is 6.92 Å². The van der Waals surface area contributed by atoms with E-state index in [0.29, 0.717) is 35.2 Å². The maximum Gasteiger partial charge on any atom is 0.435 e. The van der Waals surface area contributed by atoms with E-state index in [9.17, 15) is 31.5 Å². The summed E-state index contributed by atoms with van der Waals surface area (Å²) >= 11 is 0. The van der Waals surface area contributed by atoms with Gasteiger partial charge in [0, 0.05) is 54.9 Å². The molecule has 1 aliphatic carbocycles. The third-order valence-corrected chi connectivity index (χ3v) is 7.31. The van der Waals surface area contributed by atoms with Crippen molar-refractivity contribution < 1.29 is 31.5 Å². The lowest BCUT2D eigenvalue weighted by molar-refractivity contribution is -0.141. The Morgan fingerprint density at radius 3 is 2.57 bits per heavy atom. The predicted molar refractivity (Wildman–Crippen MR) is 150 cm³/mol. The van der Waals surface area contributed by atoms with Gasteiger partial charge in [0.05, 0.1) is 17.5 Å².